The predicted octanol–water partition coefficient (Wildman–Crippen LogP) is 2.70. The van der Waals surface area contributed by atoms with Crippen molar-refractivity contribution in [1.29, 1.82) is 5.26 Å². The normalized spacial score (nSPS) is 31.3. The number of nitrogens with zero attached hydrogens (tertiary/aromatic N) is 1. The quantitative estimate of drug-likeness (QED) is 0.590. The zero-order valence-corrected chi connectivity index (χ0v) is 9.72. The Kier molecular flexibility index (Phi) is 3.04. The Morgan fingerprint density at radius 3 is 2.64 bits per heavy atom. The summed E-state index contributed by atoms with van der Waals surface area (Å²) < 4.78 is 5.89. The highest BCUT2D eigenvalue weighted by Gasteiger charge is 2.36. The summed E-state index contributed by atoms with van der Waals surface area (Å²) in [6.07, 6.45) is 0.0847. The van der Waals surface area contributed by atoms with Crippen LogP contribution in [0.4, 0.5) is 0 Å². The van der Waals surface area contributed by atoms with E-state index in [2.05, 4.69) is 40.8 Å². The molecule has 72 valence electrons. The van der Waals surface area contributed by atoms with Gasteiger partial charge in [0.05, 0.1) is 28.6 Å². The molecular weight excluding hydrogens is 289 g/mol. The van der Waals surface area contributed by atoms with Gasteiger partial charge in [0.15, 0.2) is 0 Å². The van der Waals surface area contributed by atoms with E-state index in [0.717, 1.165) is 0 Å². The number of benzene rings is 1. The van der Waals surface area contributed by atoms with E-state index in [1.807, 2.05) is 18.2 Å². The first-order valence-electron chi connectivity index (χ1n) is 4.53. The molecule has 1 saturated heterocycles. The molecule has 0 aliphatic carbocycles. The second-order valence-corrected chi connectivity index (χ2v) is 4.78. The molecule has 3 atom stereocenters. The van der Waals surface area contributed by atoms with Gasteiger partial charge in [-0.3, -0.25) is 0 Å². The van der Waals surface area contributed by atoms with Crippen molar-refractivity contribution in [3.05, 3.63) is 35.9 Å². The largest absolute Gasteiger partial charge is 0.371 e. The van der Waals surface area contributed by atoms with Gasteiger partial charge in [0.1, 0.15) is 0 Å². The number of ether oxygens (including phenoxy) is 1. The van der Waals surface area contributed by atoms with E-state index in [4.69, 9.17) is 10.00 Å². The van der Waals surface area contributed by atoms with Gasteiger partial charge in [0, 0.05) is 0 Å². The Morgan fingerprint density at radius 1 is 1.36 bits per heavy atom. The molecule has 1 aromatic rings. The second-order valence-electron chi connectivity index (χ2n) is 3.34. The molecule has 0 radical (unpaired) electrons. The summed E-state index contributed by atoms with van der Waals surface area (Å²) >= 11 is 2.31. The van der Waals surface area contributed by atoms with E-state index in [0.29, 0.717) is 6.61 Å². The van der Waals surface area contributed by atoms with E-state index < -0.39 is 0 Å². The van der Waals surface area contributed by atoms with E-state index in [1.165, 1.54) is 5.56 Å². The SMILES string of the molecule is N#CC1COC(c2ccccc2)C1I. The first-order chi connectivity index (χ1) is 6.83. The average Bonchev–Trinajstić information content (AvgIpc) is 2.61. The van der Waals surface area contributed by atoms with Crippen molar-refractivity contribution in [1.82, 2.24) is 0 Å². The summed E-state index contributed by atoms with van der Waals surface area (Å²) in [7, 11) is 0. The van der Waals surface area contributed by atoms with Crippen molar-refractivity contribution < 1.29 is 4.74 Å². The third-order valence-electron chi connectivity index (χ3n) is 2.42. The fourth-order valence-electron chi connectivity index (χ4n) is 1.63. The maximum absolute atomic E-state index is 8.87. The van der Waals surface area contributed by atoms with Crippen LogP contribution in [0.1, 0.15) is 11.7 Å². The third-order valence-corrected chi connectivity index (χ3v) is 3.94. The molecule has 1 aliphatic rings. The Labute approximate surface area is 97.0 Å². The number of hydrogen-bond acceptors (Lipinski definition) is 2. The lowest BCUT2D eigenvalue weighted by molar-refractivity contribution is 0.112. The predicted molar refractivity (Wildman–Crippen MR) is 62.0 cm³/mol. The van der Waals surface area contributed by atoms with Crippen molar-refractivity contribution in [2.75, 3.05) is 6.61 Å². The molecule has 3 heteroatoms. The van der Waals surface area contributed by atoms with Crippen molar-refractivity contribution in [2.24, 2.45) is 5.92 Å². The topological polar surface area (TPSA) is 33.0 Å². The van der Waals surface area contributed by atoms with Crippen LogP contribution < -0.4 is 0 Å². The van der Waals surface area contributed by atoms with Crippen LogP contribution >= 0.6 is 22.6 Å². The van der Waals surface area contributed by atoms with Crippen LogP contribution in [0.2, 0.25) is 0 Å². The standard InChI is InChI=1S/C11H10INO/c12-10-9(6-13)7-14-11(10)8-4-2-1-3-5-8/h1-5,9-11H,7H2. The number of hydrogen-bond donors (Lipinski definition) is 0. The van der Waals surface area contributed by atoms with Crippen LogP contribution in [0.3, 0.4) is 0 Å². The minimum Gasteiger partial charge on any atom is -0.371 e. The minimum absolute atomic E-state index is 0.0285. The van der Waals surface area contributed by atoms with E-state index in [9.17, 15) is 0 Å². The molecule has 2 nitrogen and oxygen atoms in total. The van der Waals surface area contributed by atoms with Gasteiger partial charge in [-0.1, -0.05) is 52.9 Å². The molecule has 3 unspecified atom stereocenters. The third kappa shape index (κ3) is 1.77. The smallest absolute Gasteiger partial charge is 0.0956 e. The van der Waals surface area contributed by atoms with E-state index in [-0.39, 0.29) is 15.9 Å². The fraction of sp³-hybridized carbons (Fsp3) is 0.364. The molecule has 0 amide bonds. The van der Waals surface area contributed by atoms with Crippen LogP contribution in [0.15, 0.2) is 30.3 Å². The van der Waals surface area contributed by atoms with Crippen molar-refractivity contribution in [2.45, 2.75) is 10.0 Å². The second kappa shape index (κ2) is 4.28. The average molecular weight is 299 g/mol. The fourth-order valence-corrected chi connectivity index (χ4v) is 2.62. The summed E-state index contributed by atoms with van der Waals surface area (Å²) in [5.74, 6) is 0.0285. The van der Waals surface area contributed by atoms with Crippen LogP contribution in [-0.4, -0.2) is 10.5 Å². The van der Waals surface area contributed by atoms with Gasteiger partial charge < -0.3 is 4.74 Å². The van der Waals surface area contributed by atoms with Crippen LogP contribution in [0, 0.1) is 17.2 Å². The molecule has 14 heavy (non-hydrogen) atoms. The maximum Gasteiger partial charge on any atom is 0.0956 e. The lowest BCUT2D eigenvalue weighted by Crippen LogP contribution is -2.12. The first kappa shape index (κ1) is 9.94. The highest BCUT2D eigenvalue weighted by atomic mass is 127. The number of rotatable bonds is 1. The van der Waals surface area contributed by atoms with Crippen molar-refractivity contribution in [3.8, 4) is 6.07 Å². The molecule has 2 rings (SSSR count). The van der Waals surface area contributed by atoms with Crippen LogP contribution in [0.25, 0.3) is 0 Å². The van der Waals surface area contributed by atoms with Crippen molar-refractivity contribution in [3.63, 3.8) is 0 Å². The number of alkyl halides is 1. The maximum atomic E-state index is 8.87. The Hall–Kier alpha value is -0.600. The van der Waals surface area contributed by atoms with Gasteiger partial charge in [-0.25, -0.2) is 0 Å². The summed E-state index contributed by atoms with van der Waals surface area (Å²) in [5, 5.41) is 8.87. The minimum atomic E-state index is 0.0285. The first-order valence-corrected chi connectivity index (χ1v) is 5.77. The van der Waals surface area contributed by atoms with Gasteiger partial charge in [-0.15, -0.1) is 0 Å². The van der Waals surface area contributed by atoms with Gasteiger partial charge in [-0.05, 0) is 5.56 Å². The highest BCUT2D eigenvalue weighted by molar-refractivity contribution is 14.1. The van der Waals surface area contributed by atoms with Gasteiger partial charge in [0.2, 0.25) is 0 Å². The Bertz CT molecular complexity index is 346. The molecular formula is C11H10INO. The van der Waals surface area contributed by atoms with Gasteiger partial charge >= 0.3 is 0 Å². The summed E-state index contributed by atoms with van der Waals surface area (Å²) in [4.78, 5) is 0. The molecule has 1 heterocycles. The highest BCUT2D eigenvalue weighted by Crippen LogP contribution is 2.37. The molecule has 1 fully saturated rings. The van der Waals surface area contributed by atoms with Gasteiger partial charge in [-0.2, -0.15) is 5.26 Å². The monoisotopic (exact) mass is 299 g/mol. The molecule has 0 spiro atoms. The molecule has 1 aromatic carbocycles. The zero-order valence-electron chi connectivity index (χ0n) is 7.56. The summed E-state index contributed by atoms with van der Waals surface area (Å²) in [5.41, 5.74) is 1.17. The zero-order chi connectivity index (χ0) is 9.97. The molecule has 0 N–H and O–H groups in total. The van der Waals surface area contributed by atoms with Crippen LogP contribution in [0.5, 0.6) is 0 Å². The lowest BCUT2D eigenvalue weighted by atomic mass is 10.0. The van der Waals surface area contributed by atoms with E-state index >= 15 is 0 Å². The summed E-state index contributed by atoms with van der Waals surface area (Å²) in [6, 6.07) is 12.4. The van der Waals surface area contributed by atoms with Gasteiger partial charge in [0.25, 0.3) is 0 Å². The Morgan fingerprint density at radius 2 is 2.07 bits per heavy atom. The molecule has 0 bridgehead atoms. The lowest BCUT2D eigenvalue weighted by Gasteiger charge is -2.13. The number of halogens is 1. The Balaban J connectivity index is 2.19. The molecule has 0 aromatic heterocycles. The molecule has 1 aliphatic heterocycles. The molecule has 0 saturated carbocycles. The van der Waals surface area contributed by atoms with E-state index in [1.54, 1.807) is 0 Å². The summed E-state index contributed by atoms with van der Waals surface area (Å²) in [6.45, 7) is 0.559. The number of nitriles is 1. The van der Waals surface area contributed by atoms with Crippen molar-refractivity contribution >= 4 is 22.6 Å². The van der Waals surface area contributed by atoms with Crippen LogP contribution in [-0.2, 0) is 4.74 Å².